The number of aromatic amines is 1. The standard InChI is InChI=1S/C9H14N2O2/c1-3-13-9(12)7(2)4-8-5-10-6-11-8/h5-7H,3-4H2,1-2H3,(H,10,11). The second-order valence-corrected chi connectivity index (χ2v) is 2.93. The molecule has 0 bridgehead atoms. The Kier molecular flexibility index (Phi) is 3.49. The number of hydrogen-bond donors (Lipinski definition) is 1. The molecule has 1 rings (SSSR count). The molecule has 1 unspecified atom stereocenters. The third kappa shape index (κ3) is 2.89. The molecule has 0 spiro atoms. The molecule has 13 heavy (non-hydrogen) atoms. The van der Waals surface area contributed by atoms with Crippen LogP contribution in [0.5, 0.6) is 0 Å². The van der Waals surface area contributed by atoms with E-state index in [1.54, 1.807) is 19.4 Å². The number of nitrogens with zero attached hydrogens (tertiary/aromatic N) is 1. The van der Waals surface area contributed by atoms with Crippen LogP contribution in [0.3, 0.4) is 0 Å². The van der Waals surface area contributed by atoms with Crippen molar-refractivity contribution in [2.24, 2.45) is 5.92 Å². The quantitative estimate of drug-likeness (QED) is 0.711. The second-order valence-electron chi connectivity index (χ2n) is 2.93. The minimum Gasteiger partial charge on any atom is -0.466 e. The zero-order valence-electron chi connectivity index (χ0n) is 7.91. The number of carbonyl (C=O) groups is 1. The minimum absolute atomic E-state index is 0.111. The van der Waals surface area contributed by atoms with Gasteiger partial charge in [-0.3, -0.25) is 4.79 Å². The molecule has 1 aromatic heterocycles. The van der Waals surface area contributed by atoms with Crippen LogP contribution in [0.15, 0.2) is 12.5 Å². The van der Waals surface area contributed by atoms with Crippen LogP contribution < -0.4 is 0 Å². The third-order valence-electron chi connectivity index (χ3n) is 1.77. The van der Waals surface area contributed by atoms with Gasteiger partial charge in [0.2, 0.25) is 0 Å². The molecule has 4 nitrogen and oxygen atoms in total. The number of carbonyl (C=O) groups excluding carboxylic acids is 1. The molecule has 0 aliphatic heterocycles. The maximum Gasteiger partial charge on any atom is 0.309 e. The van der Waals surface area contributed by atoms with E-state index in [2.05, 4.69) is 9.97 Å². The van der Waals surface area contributed by atoms with Crippen molar-refractivity contribution >= 4 is 5.97 Å². The van der Waals surface area contributed by atoms with E-state index in [4.69, 9.17) is 4.74 Å². The van der Waals surface area contributed by atoms with Gasteiger partial charge in [0.05, 0.1) is 18.9 Å². The number of rotatable bonds is 4. The first-order valence-electron chi connectivity index (χ1n) is 4.38. The van der Waals surface area contributed by atoms with Crippen molar-refractivity contribution in [2.75, 3.05) is 6.61 Å². The lowest BCUT2D eigenvalue weighted by atomic mass is 10.1. The molecular weight excluding hydrogens is 168 g/mol. The number of esters is 1. The lowest BCUT2D eigenvalue weighted by molar-refractivity contribution is -0.147. The molecule has 0 fully saturated rings. The van der Waals surface area contributed by atoms with E-state index in [0.717, 1.165) is 5.69 Å². The highest BCUT2D eigenvalue weighted by Crippen LogP contribution is 2.06. The van der Waals surface area contributed by atoms with Gasteiger partial charge >= 0.3 is 5.97 Å². The van der Waals surface area contributed by atoms with Crippen LogP contribution in [-0.2, 0) is 16.0 Å². The van der Waals surface area contributed by atoms with Crippen molar-refractivity contribution in [3.05, 3.63) is 18.2 Å². The molecule has 0 amide bonds. The number of ether oxygens (including phenoxy) is 1. The average Bonchev–Trinajstić information content (AvgIpc) is 2.57. The van der Waals surface area contributed by atoms with E-state index in [9.17, 15) is 4.79 Å². The van der Waals surface area contributed by atoms with Crippen LogP contribution in [-0.4, -0.2) is 22.5 Å². The highest BCUT2D eigenvalue weighted by Gasteiger charge is 2.14. The summed E-state index contributed by atoms with van der Waals surface area (Å²) in [7, 11) is 0. The third-order valence-corrected chi connectivity index (χ3v) is 1.77. The SMILES string of the molecule is CCOC(=O)C(C)Cc1cnc[nH]1. The van der Waals surface area contributed by atoms with E-state index in [1.165, 1.54) is 0 Å². The van der Waals surface area contributed by atoms with Crippen LogP contribution in [0.4, 0.5) is 0 Å². The maximum atomic E-state index is 11.2. The normalized spacial score (nSPS) is 12.5. The molecule has 1 N–H and O–H groups in total. The van der Waals surface area contributed by atoms with Crippen molar-refractivity contribution < 1.29 is 9.53 Å². The Morgan fingerprint density at radius 1 is 1.77 bits per heavy atom. The van der Waals surface area contributed by atoms with Crippen LogP contribution in [0.1, 0.15) is 19.5 Å². The molecule has 1 aromatic rings. The van der Waals surface area contributed by atoms with Gasteiger partial charge < -0.3 is 9.72 Å². The fourth-order valence-electron chi connectivity index (χ4n) is 1.09. The number of H-pyrrole nitrogens is 1. The summed E-state index contributed by atoms with van der Waals surface area (Å²) in [6.45, 7) is 4.09. The Morgan fingerprint density at radius 2 is 2.54 bits per heavy atom. The summed E-state index contributed by atoms with van der Waals surface area (Å²) in [5, 5.41) is 0. The van der Waals surface area contributed by atoms with Crippen LogP contribution in [0, 0.1) is 5.92 Å². The molecule has 0 aromatic carbocycles. The van der Waals surface area contributed by atoms with Gasteiger partial charge in [-0.05, 0) is 6.92 Å². The predicted octanol–water partition coefficient (Wildman–Crippen LogP) is 1.15. The lowest BCUT2D eigenvalue weighted by Gasteiger charge is -2.08. The predicted molar refractivity (Wildman–Crippen MR) is 48.1 cm³/mol. The monoisotopic (exact) mass is 182 g/mol. The van der Waals surface area contributed by atoms with Gasteiger partial charge in [-0.15, -0.1) is 0 Å². The van der Waals surface area contributed by atoms with Crippen molar-refractivity contribution in [2.45, 2.75) is 20.3 Å². The van der Waals surface area contributed by atoms with Crippen LogP contribution in [0.2, 0.25) is 0 Å². The topological polar surface area (TPSA) is 55.0 Å². The Labute approximate surface area is 77.3 Å². The van der Waals surface area contributed by atoms with Gasteiger partial charge in [0, 0.05) is 18.3 Å². The number of imidazole rings is 1. The van der Waals surface area contributed by atoms with Crippen molar-refractivity contribution in [3.8, 4) is 0 Å². The fraction of sp³-hybridized carbons (Fsp3) is 0.556. The summed E-state index contributed by atoms with van der Waals surface area (Å²) in [4.78, 5) is 18.0. The number of aromatic nitrogens is 2. The molecule has 0 saturated heterocycles. The summed E-state index contributed by atoms with van der Waals surface area (Å²) < 4.78 is 4.88. The highest BCUT2D eigenvalue weighted by molar-refractivity contribution is 5.72. The maximum absolute atomic E-state index is 11.2. The molecule has 0 aliphatic rings. The molecule has 1 heterocycles. The molecule has 0 radical (unpaired) electrons. The highest BCUT2D eigenvalue weighted by atomic mass is 16.5. The summed E-state index contributed by atoms with van der Waals surface area (Å²) in [6.07, 6.45) is 3.97. The lowest BCUT2D eigenvalue weighted by Crippen LogP contribution is -2.16. The first-order valence-corrected chi connectivity index (χ1v) is 4.38. The molecule has 1 atom stereocenters. The smallest absolute Gasteiger partial charge is 0.309 e. The summed E-state index contributed by atoms with van der Waals surface area (Å²) >= 11 is 0. The molecule has 0 saturated carbocycles. The van der Waals surface area contributed by atoms with Gasteiger partial charge in [-0.2, -0.15) is 0 Å². The summed E-state index contributed by atoms with van der Waals surface area (Å²) in [5.41, 5.74) is 0.959. The van der Waals surface area contributed by atoms with Crippen LogP contribution >= 0.6 is 0 Å². The summed E-state index contributed by atoms with van der Waals surface area (Å²) in [5.74, 6) is -0.266. The molecule has 0 aliphatic carbocycles. The van der Waals surface area contributed by atoms with Gasteiger partial charge in [0.15, 0.2) is 0 Å². The first-order chi connectivity index (χ1) is 6.24. The largest absolute Gasteiger partial charge is 0.466 e. The minimum atomic E-state index is -0.155. The average molecular weight is 182 g/mol. The van der Waals surface area contributed by atoms with E-state index < -0.39 is 0 Å². The Morgan fingerprint density at radius 3 is 3.08 bits per heavy atom. The van der Waals surface area contributed by atoms with Gasteiger partial charge in [-0.1, -0.05) is 6.92 Å². The van der Waals surface area contributed by atoms with Crippen molar-refractivity contribution in [1.29, 1.82) is 0 Å². The zero-order chi connectivity index (χ0) is 9.68. The van der Waals surface area contributed by atoms with Crippen molar-refractivity contribution in [3.63, 3.8) is 0 Å². The Balaban J connectivity index is 2.41. The molecule has 72 valence electrons. The second kappa shape index (κ2) is 4.64. The number of hydrogen-bond acceptors (Lipinski definition) is 3. The molecular formula is C9H14N2O2. The van der Waals surface area contributed by atoms with E-state index in [0.29, 0.717) is 13.0 Å². The van der Waals surface area contributed by atoms with E-state index in [-0.39, 0.29) is 11.9 Å². The fourth-order valence-corrected chi connectivity index (χ4v) is 1.09. The molecule has 4 heteroatoms. The zero-order valence-corrected chi connectivity index (χ0v) is 7.91. The first kappa shape index (κ1) is 9.77. The van der Waals surface area contributed by atoms with E-state index >= 15 is 0 Å². The summed E-state index contributed by atoms with van der Waals surface area (Å²) in [6, 6.07) is 0. The van der Waals surface area contributed by atoms with Crippen LogP contribution in [0.25, 0.3) is 0 Å². The van der Waals surface area contributed by atoms with Gasteiger partial charge in [0.1, 0.15) is 0 Å². The van der Waals surface area contributed by atoms with Gasteiger partial charge in [-0.25, -0.2) is 4.98 Å². The Hall–Kier alpha value is -1.32. The number of nitrogens with one attached hydrogen (secondary N) is 1. The van der Waals surface area contributed by atoms with E-state index in [1.807, 2.05) is 6.92 Å². The Bertz CT molecular complexity index is 257. The van der Waals surface area contributed by atoms with Gasteiger partial charge in [0.25, 0.3) is 0 Å². The van der Waals surface area contributed by atoms with Crippen molar-refractivity contribution in [1.82, 2.24) is 9.97 Å².